The van der Waals surface area contributed by atoms with Gasteiger partial charge >= 0.3 is 0 Å². The van der Waals surface area contributed by atoms with Gasteiger partial charge in [-0.15, -0.1) is 0 Å². The molecular weight excluding hydrogens is 248 g/mol. The summed E-state index contributed by atoms with van der Waals surface area (Å²) in [6.45, 7) is 4.82. The fourth-order valence-corrected chi connectivity index (χ4v) is 2.69. The number of benzene rings is 1. The van der Waals surface area contributed by atoms with Gasteiger partial charge in [-0.3, -0.25) is 0 Å². The molecule has 0 fully saturated rings. The van der Waals surface area contributed by atoms with Gasteiger partial charge in [0.25, 0.3) is 0 Å². The van der Waals surface area contributed by atoms with Crippen LogP contribution in [0.4, 0.5) is 5.69 Å². The van der Waals surface area contributed by atoms with Gasteiger partial charge in [0, 0.05) is 12.2 Å². The van der Waals surface area contributed by atoms with Crippen molar-refractivity contribution in [3.05, 3.63) is 24.3 Å². The molecule has 0 saturated heterocycles. The molecule has 18 heavy (non-hydrogen) atoms. The van der Waals surface area contributed by atoms with E-state index in [-0.39, 0.29) is 4.90 Å². The van der Waals surface area contributed by atoms with Crippen LogP contribution in [0.15, 0.2) is 29.2 Å². The van der Waals surface area contributed by atoms with Crippen LogP contribution in [-0.2, 0) is 10.0 Å². The van der Waals surface area contributed by atoms with Crippen molar-refractivity contribution in [1.82, 2.24) is 4.72 Å². The van der Waals surface area contributed by atoms with Gasteiger partial charge in [0.15, 0.2) is 0 Å². The normalized spacial score (nSPS) is 11.9. The summed E-state index contributed by atoms with van der Waals surface area (Å²) in [6.07, 6.45) is 3.04. The first kappa shape index (κ1) is 15.0. The van der Waals surface area contributed by atoms with Gasteiger partial charge in [0.2, 0.25) is 10.0 Å². The fourth-order valence-electron chi connectivity index (χ4n) is 1.61. The molecule has 1 aromatic carbocycles. The van der Waals surface area contributed by atoms with E-state index in [1.165, 1.54) is 12.1 Å². The molecule has 0 aromatic heterocycles. The molecule has 0 aliphatic carbocycles. The minimum absolute atomic E-state index is 0.264. The van der Waals surface area contributed by atoms with Crippen LogP contribution < -0.4 is 10.5 Å². The average Bonchev–Trinajstić information content (AvgIpc) is 2.28. The van der Waals surface area contributed by atoms with E-state index in [9.17, 15) is 8.42 Å². The van der Waals surface area contributed by atoms with Crippen molar-refractivity contribution >= 4 is 15.7 Å². The van der Waals surface area contributed by atoms with E-state index >= 15 is 0 Å². The molecule has 0 unspecified atom stereocenters. The first-order chi connectivity index (χ1) is 8.42. The number of anilines is 1. The molecule has 1 rings (SSSR count). The molecular formula is C13H22N2O2S. The predicted octanol–water partition coefficient (Wildman–Crippen LogP) is 2.37. The standard InChI is InChI=1S/C13H22N2O2S/c1-11(2)5-3-4-10-15-18(16,17)13-8-6-12(14)7-9-13/h6-9,11,15H,3-5,10,14H2,1-2H3. The number of rotatable bonds is 7. The van der Waals surface area contributed by atoms with Crippen LogP contribution >= 0.6 is 0 Å². The Morgan fingerprint density at radius 3 is 2.33 bits per heavy atom. The van der Waals surface area contributed by atoms with Crippen LogP contribution in [0.25, 0.3) is 0 Å². The average molecular weight is 270 g/mol. The molecule has 1 aromatic rings. The van der Waals surface area contributed by atoms with Gasteiger partial charge in [0.1, 0.15) is 0 Å². The topological polar surface area (TPSA) is 72.2 Å². The minimum Gasteiger partial charge on any atom is -0.399 e. The summed E-state index contributed by atoms with van der Waals surface area (Å²) in [4.78, 5) is 0.264. The Hall–Kier alpha value is -1.07. The third-order valence-electron chi connectivity index (χ3n) is 2.69. The van der Waals surface area contributed by atoms with E-state index in [1.54, 1.807) is 12.1 Å². The van der Waals surface area contributed by atoms with Crippen molar-refractivity contribution in [3.8, 4) is 0 Å². The van der Waals surface area contributed by atoms with Crippen LogP contribution in [0, 0.1) is 5.92 Å². The maximum Gasteiger partial charge on any atom is 0.240 e. The minimum atomic E-state index is -3.38. The maximum atomic E-state index is 11.9. The summed E-state index contributed by atoms with van der Waals surface area (Å²) in [6, 6.07) is 6.22. The number of nitrogens with one attached hydrogen (secondary N) is 1. The van der Waals surface area contributed by atoms with Crippen molar-refractivity contribution in [2.24, 2.45) is 5.92 Å². The number of nitrogen functional groups attached to an aromatic ring is 1. The van der Waals surface area contributed by atoms with Gasteiger partial charge in [-0.1, -0.05) is 26.7 Å². The molecule has 0 aliphatic rings. The first-order valence-electron chi connectivity index (χ1n) is 6.27. The predicted molar refractivity (Wildman–Crippen MR) is 74.7 cm³/mol. The molecule has 0 aliphatic heterocycles. The Labute approximate surface area is 110 Å². The molecule has 0 atom stereocenters. The van der Waals surface area contributed by atoms with Crippen molar-refractivity contribution in [2.45, 2.75) is 38.0 Å². The SMILES string of the molecule is CC(C)CCCCNS(=O)(=O)c1ccc(N)cc1. The largest absolute Gasteiger partial charge is 0.399 e. The van der Waals surface area contributed by atoms with Gasteiger partial charge in [-0.05, 0) is 36.6 Å². The summed E-state index contributed by atoms with van der Waals surface area (Å²) < 4.78 is 26.4. The summed E-state index contributed by atoms with van der Waals surface area (Å²) >= 11 is 0. The maximum absolute atomic E-state index is 11.9. The first-order valence-corrected chi connectivity index (χ1v) is 7.75. The third kappa shape index (κ3) is 5.06. The monoisotopic (exact) mass is 270 g/mol. The van der Waals surface area contributed by atoms with Crippen molar-refractivity contribution in [3.63, 3.8) is 0 Å². The molecule has 0 bridgehead atoms. The van der Waals surface area contributed by atoms with E-state index in [4.69, 9.17) is 5.73 Å². The second-order valence-corrected chi connectivity index (χ2v) is 6.62. The molecule has 0 radical (unpaired) electrons. The number of hydrogen-bond acceptors (Lipinski definition) is 3. The van der Waals surface area contributed by atoms with Crippen LogP contribution in [0.5, 0.6) is 0 Å². The second kappa shape index (κ2) is 6.75. The van der Waals surface area contributed by atoms with Crippen molar-refractivity contribution in [2.75, 3.05) is 12.3 Å². The van der Waals surface area contributed by atoms with E-state index in [1.807, 2.05) is 0 Å². The molecule has 0 amide bonds. The second-order valence-electron chi connectivity index (χ2n) is 4.86. The van der Waals surface area contributed by atoms with Crippen LogP contribution in [0.2, 0.25) is 0 Å². The Morgan fingerprint density at radius 1 is 1.17 bits per heavy atom. The quantitative estimate of drug-likeness (QED) is 0.590. The van der Waals surface area contributed by atoms with Crippen LogP contribution in [0.3, 0.4) is 0 Å². The summed E-state index contributed by atoms with van der Waals surface area (Å²) in [7, 11) is -3.38. The summed E-state index contributed by atoms with van der Waals surface area (Å²) in [5.41, 5.74) is 6.08. The Kier molecular flexibility index (Phi) is 5.62. The van der Waals surface area contributed by atoms with Gasteiger partial charge < -0.3 is 5.73 Å². The molecule has 4 nitrogen and oxygen atoms in total. The van der Waals surface area contributed by atoms with Crippen LogP contribution in [-0.4, -0.2) is 15.0 Å². The van der Waals surface area contributed by atoms with Gasteiger partial charge in [-0.2, -0.15) is 0 Å². The van der Waals surface area contributed by atoms with Crippen molar-refractivity contribution < 1.29 is 8.42 Å². The number of hydrogen-bond donors (Lipinski definition) is 2. The Balaban J connectivity index is 2.43. The summed E-state index contributed by atoms with van der Waals surface area (Å²) in [5, 5.41) is 0. The van der Waals surface area contributed by atoms with Crippen LogP contribution in [0.1, 0.15) is 33.1 Å². The molecule has 0 heterocycles. The zero-order valence-electron chi connectivity index (χ0n) is 11.0. The molecule has 3 N–H and O–H groups in total. The third-order valence-corrected chi connectivity index (χ3v) is 4.17. The number of sulfonamides is 1. The number of nitrogens with two attached hydrogens (primary N) is 1. The fraction of sp³-hybridized carbons (Fsp3) is 0.538. The molecule has 0 saturated carbocycles. The lowest BCUT2D eigenvalue weighted by Crippen LogP contribution is -2.24. The molecule has 0 spiro atoms. The highest BCUT2D eigenvalue weighted by atomic mass is 32.2. The van der Waals surface area contributed by atoms with Crippen molar-refractivity contribution in [1.29, 1.82) is 0 Å². The zero-order chi connectivity index (χ0) is 13.6. The Bertz CT molecular complexity index is 452. The van der Waals surface area contributed by atoms with Gasteiger partial charge in [0.05, 0.1) is 4.90 Å². The summed E-state index contributed by atoms with van der Waals surface area (Å²) in [5.74, 6) is 0.665. The molecule has 102 valence electrons. The van der Waals surface area contributed by atoms with E-state index in [0.29, 0.717) is 18.2 Å². The lowest BCUT2D eigenvalue weighted by Gasteiger charge is -2.07. The smallest absolute Gasteiger partial charge is 0.240 e. The number of unbranched alkanes of at least 4 members (excludes halogenated alkanes) is 1. The highest BCUT2D eigenvalue weighted by molar-refractivity contribution is 7.89. The highest BCUT2D eigenvalue weighted by Crippen LogP contribution is 2.11. The van der Waals surface area contributed by atoms with E-state index in [0.717, 1.165) is 19.3 Å². The zero-order valence-corrected chi connectivity index (χ0v) is 11.8. The lowest BCUT2D eigenvalue weighted by molar-refractivity contribution is 0.530. The van der Waals surface area contributed by atoms with E-state index < -0.39 is 10.0 Å². The Morgan fingerprint density at radius 2 is 1.78 bits per heavy atom. The lowest BCUT2D eigenvalue weighted by atomic mass is 10.1. The van der Waals surface area contributed by atoms with Gasteiger partial charge in [-0.25, -0.2) is 13.1 Å². The molecule has 5 heteroatoms. The highest BCUT2D eigenvalue weighted by Gasteiger charge is 2.12. The van der Waals surface area contributed by atoms with E-state index in [2.05, 4.69) is 18.6 Å².